The smallest absolute Gasteiger partial charge is 0.251 e. The van der Waals surface area contributed by atoms with Crippen molar-refractivity contribution in [2.75, 3.05) is 18.1 Å². The second kappa shape index (κ2) is 8.71. The van der Waals surface area contributed by atoms with Crippen LogP contribution in [0.3, 0.4) is 0 Å². The first kappa shape index (κ1) is 19.0. The Balaban J connectivity index is 1.56. The van der Waals surface area contributed by atoms with E-state index in [1.54, 1.807) is 17.0 Å². The van der Waals surface area contributed by atoms with Crippen LogP contribution >= 0.6 is 0 Å². The van der Waals surface area contributed by atoms with Crippen LogP contribution in [-0.2, 0) is 4.79 Å². The Morgan fingerprint density at radius 1 is 1.15 bits per heavy atom. The van der Waals surface area contributed by atoms with Crippen molar-refractivity contribution in [3.63, 3.8) is 0 Å². The van der Waals surface area contributed by atoms with E-state index in [1.807, 2.05) is 43.3 Å². The van der Waals surface area contributed by atoms with Gasteiger partial charge in [-0.25, -0.2) is 0 Å². The number of hydrogen-bond acceptors (Lipinski definition) is 3. The van der Waals surface area contributed by atoms with Crippen LogP contribution in [0.2, 0.25) is 0 Å². The number of unbranched alkanes of at least 4 members (excludes halogenated alkanes) is 1. The highest BCUT2D eigenvalue weighted by atomic mass is 16.5. The molecule has 27 heavy (non-hydrogen) atoms. The highest BCUT2D eigenvalue weighted by Gasteiger charge is 2.31. The van der Waals surface area contributed by atoms with Gasteiger partial charge >= 0.3 is 0 Å². The number of amides is 2. The third kappa shape index (κ3) is 4.88. The first-order valence-electron chi connectivity index (χ1n) is 9.47. The van der Waals surface area contributed by atoms with E-state index in [0.717, 1.165) is 29.8 Å². The summed E-state index contributed by atoms with van der Waals surface area (Å²) in [5.41, 5.74) is 2.59. The zero-order valence-corrected chi connectivity index (χ0v) is 15.9. The van der Waals surface area contributed by atoms with Crippen molar-refractivity contribution in [3.05, 3.63) is 59.7 Å². The Morgan fingerprint density at radius 2 is 1.85 bits per heavy atom. The molecule has 3 rings (SSSR count). The van der Waals surface area contributed by atoms with E-state index in [2.05, 4.69) is 12.2 Å². The molecule has 1 saturated heterocycles. The summed E-state index contributed by atoms with van der Waals surface area (Å²) in [6.07, 6.45) is 2.41. The standard InChI is InChI=1S/C22H26N2O3/c1-3-4-13-27-20-11-7-17(8-12-20)22(26)23-18-14-21(25)24(15-18)19-9-5-16(2)6-10-19/h5-12,18H,3-4,13-15H2,1-2H3,(H,23,26)/t18-/m0/s1. The Labute approximate surface area is 160 Å². The number of nitrogens with one attached hydrogen (secondary N) is 1. The van der Waals surface area contributed by atoms with E-state index in [4.69, 9.17) is 4.74 Å². The van der Waals surface area contributed by atoms with Crippen LogP contribution in [0, 0.1) is 6.92 Å². The van der Waals surface area contributed by atoms with E-state index in [9.17, 15) is 9.59 Å². The molecule has 2 aromatic carbocycles. The summed E-state index contributed by atoms with van der Waals surface area (Å²) in [4.78, 5) is 26.5. The largest absolute Gasteiger partial charge is 0.494 e. The zero-order valence-electron chi connectivity index (χ0n) is 15.9. The minimum absolute atomic E-state index is 0.0313. The third-order valence-electron chi connectivity index (χ3n) is 4.69. The lowest BCUT2D eigenvalue weighted by Crippen LogP contribution is -2.37. The van der Waals surface area contributed by atoms with E-state index in [0.29, 0.717) is 25.1 Å². The fourth-order valence-corrected chi connectivity index (χ4v) is 3.08. The summed E-state index contributed by atoms with van der Waals surface area (Å²) < 4.78 is 5.62. The van der Waals surface area contributed by atoms with Crippen LogP contribution < -0.4 is 15.0 Å². The summed E-state index contributed by atoms with van der Waals surface area (Å²) in [6, 6.07) is 14.8. The second-order valence-corrected chi connectivity index (χ2v) is 6.94. The molecular formula is C22H26N2O3. The SMILES string of the molecule is CCCCOc1ccc(C(=O)N[C@H]2CC(=O)N(c3ccc(C)cc3)C2)cc1. The van der Waals surface area contributed by atoms with Crippen molar-refractivity contribution in [2.45, 2.75) is 39.2 Å². The number of aryl methyl sites for hydroxylation is 1. The lowest BCUT2D eigenvalue weighted by Gasteiger charge is -2.17. The van der Waals surface area contributed by atoms with Gasteiger partial charge in [-0.05, 0) is 49.7 Å². The van der Waals surface area contributed by atoms with Gasteiger partial charge in [-0.1, -0.05) is 31.0 Å². The Hall–Kier alpha value is -2.82. The molecule has 1 heterocycles. The maximum Gasteiger partial charge on any atom is 0.251 e. The van der Waals surface area contributed by atoms with Crippen LogP contribution in [0.5, 0.6) is 5.75 Å². The number of rotatable bonds is 7. The summed E-state index contributed by atoms with van der Waals surface area (Å²) >= 11 is 0. The predicted octanol–water partition coefficient (Wildman–Crippen LogP) is 3.71. The third-order valence-corrected chi connectivity index (χ3v) is 4.69. The summed E-state index contributed by atoms with van der Waals surface area (Å²) in [7, 11) is 0. The molecule has 1 aliphatic heterocycles. The van der Waals surface area contributed by atoms with E-state index >= 15 is 0 Å². The normalized spacial score (nSPS) is 16.4. The fraction of sp³-hybridized carbons (Fsp3) is 0.364. The molecule has 1 fully saturated rings. The van der Waals surface area contributed by atoms with Gasteiger partial charge in [0.25, 0.3) is 5.91 Å². The molecule has 0 spiro atoms. The van der Waals surface area contributed by atoms with Crippen molar-refractivity contribution < 1.29 is 14.3 Å². The molecule has 0 radical (unpaired) electrons. The van der Waals surface area contributed by atoms with Crippen molar-refractivity contribution in [3.8, 4) is 5.75 Å². The molecule has 1 atom stereocenters. The van der Waals surface area contributed by atoms with Crippen molar-refractivity contribution in [1.82, 2.24) is 5.32 Å². The molecule has 1 N–H and O–H groups in total. The first-order valence-corrected chi connectivity index (χ1v) is 9.47. The average Bonchev–Trinajstić information content (AvgIpc) is 3.03. The summed E-state index contributed by atoms with van der Waals surface area (Å²) in [6.45, 7) is 5.30. The topological polar surface area (TPSA) is 58.6 Å². The number of nitrogens with zero attached hydrogens (tertiary/aromatic N) is 1. The van der Waals surface area contributed by atoms with Crippen LogP contribution in [0.15, 0.2) is 48.5 Å². The van der Waals surface area contributed by atoms with Gasteiger partial charge in [0.05, 0.1) is 12.6 Å². The van der Waals surface area contributed by atoms with Crippen LogP contribution in [0.25, 0.3) is 0 Å². The molecule has 0 aromatic heterocycles. The number of hydrogen-bond donors (Lipinski definition) is 1. The van der Waals surface area contributed by atoms with Gasteiger partial charge in [-0.3, -0.25) is 9.59 Å². The Morgan fingerprint density at radius 3 is 2.52 bits per heavy atom. The van der Waals surface area contributed by atoms with Crippen LogP contribution in [0.1, 0.15) is 42.1 Å². The molecule has 5 heteroatoms. The van der Waals surface area contributed by atoms with Crippen molar-refractivity contribution >= 4 is 17.5 Å². The number of benzene rings is 2. The second-order valence-electron chi connectivity index (χ2n) is 6.94. The van der Waals surface area contributed by atoms with Gasteiger partial charge in [0.15, 0.2) is 0 Å². The Kier molecular flexibility index (Phi) is 6.12. The molecule has 0 saturated carbocycles. The molecule has 142 valence electrons. The monoisotopic (exact) mass is 366 g/mol. The molecule has 0 aliphatic carbocycles. The minimum atomic E-state index is -0.188. The fourth-order valence-electron chi connectivity index (χ4n) is 3.08. The van der Waals surface area contributed by atoms with Crippen molar-refractivity contribution in [2.24, 2.45) is 0 Å². The lowest BCUT2D eigenvalue weighted by molar-refractivity contribution is -0.117. The lowest BCUT2D eigenvalue weighted by atomic mass is 10.1. The van der Waals surface area contributed by atoms with Crippen molar-refractivity contribution in [1.29, 1.82) is 0 Å². The summed E-state index contributed by atoms with van der Waals surface area (Å²) in [5.74, 6) is 0.629. The van der Waals surface area contributed by atoms with Gasteiger partial charge < -0.3 is 15.0 Å². The molecule has 0 bridgehead atoms. The number of carbonyl (C=O) groups is 2. The molecule has 2 amide bonds. The first-order chi connectivity index (χ1) is 13.1. The maximum atomic E-state index is 12.5. The predicted molar refractivity (Wildman–Crippen MR) is 106 cm³/mol. The molecule has 5 nitrogen and oxygen atoms in total. The van der Waals surface area contributed by atoms with Crippen LogP contribution in [0.4, 0.5) is 5.69 Å². The molecular weight excluding hydrogens is 340 g/mol. The van der Waals surface area contributed by atoms with Gasteiger partial charge in [-0.15, -0.1) is 0 Å². The number of ether oxygens (including phenoxy) is 1. The highest BCUT2D eigenvalue weighted by Crippen LogP contribution is 2.22. The maximum absolute atomic E-state index is 12.5. The molecule has 0 unspecified atom stereocenters. The number of carbonyl (C=O) groups excluding carboxylic acids is 2. The van der Waals surface area contributed by atoms with Crippen LogP contribution in [-0.4, -0.2) is 31.0 Å². The zero-order chi connectivity index (χ0) is 19.2. The quantitative estimate of drug-likeness (QED) is 0.760. The average molecular weight is 366 g/mol. The van der Waals surface area contributed by atoms with Gasteiger partial charge in [0.2, 0.25) is 5.91 Å². The molecule has 1 aliphatic rings. The van der Waals surface area contributed by atoms with E-state index in [-0.39, 0.29) is 17.9 Å². The van der Waals surface area contributed by atoms with Gasteiger partial charge in [0.1, 0.15) is 5.75 Å². The number of anilines is 1. The van der Waals surface area contributed by atoms with Gasteiger partial charge in [-0.2, -0.15) is 0 Å². The van der Waals surface area contributed by atoms with E-state index < -0.39 is 0 Å². The molecule has 2 aromatic rings. The van der Waals surface area contributed by atoms with E-state index in [1.165, 1.54) is 0 Å². The summed E-state index contributed by atoms with van der Waals surface area (Å²) in [5, 5.41) is 2.97. The highest BCUT2D eigenvalue weighted by molar-refractivity contribution is 5.99. The Bertz CT molecular complexity index is 784. The van der Waals surface area contributed by atoms with Gasteiger partial charge in [0, 0.05) is 24.2 Å². The minimum Gasteiger partial charge on any atom is -0.494 e.